The van der Waals surface area contributed by atoms with Crippen molar-refractivity contribution in [2.24, 2.45) is 5.41 Å². The molecule has 2 rings (SSSR count). The van der Waals surface area contributed by atoms with Gasteiger partial charge in [-0.15, -0.1) is 10.2 Å². The normalized spacial score (nSPS) is 22.5. The molecule has 0 aliphatic carbocycles. The number of amides is 2. The molecule has 1 aromatic heterocycles. The van der Waals surface area contributed by atoms with Gasteiger partial charge in [-0.2, -0.15) is 0 Å². The number of nitrogens with zero attached hydrogens (tertiary/aromatic N) is 3. The number of likely N-dealkylation sites (tertiary alicyclic amines) is 1. The van der Waals surface area contributed by atoms with E-state index >= 15 is 0 Å². The van der Waals surface area contributed by atoms with Gasteiger partial charge >= 0.3 is 12.0 Å². The first-order valence-corrected chi connectivity index (χ1v) is 6.88. The smallest absolute Gasteiger partial charge is 0.323 e. The van der Waals surface area contributed by atoms with Gasteiger partial charge in [-0.25, -0.2) is 4.79 Å². The molecule has 0 radical (unpaired) electrons. The van der Waals surface area contributed by atoms with Gasteiger partial charge in [0.2, 0.25) is 5.13 Å². The average molecular weight is 284 g/mol. The molecule has 0 saturated carbocycles. The maximum absolute atomic E-state index is 12.0. The van der Waals surface area contributed by atoms with Crippen LogP contribution in [0.1, 0.15) is 24.8 Å². The van der Waals surface area contributed by atoms with Crippen molar-refractivity contribution in [1.82, 2.24) is 15.1 Å². The highest BCUT2D eigenvalue weighted by Crippen LogP contribution is 2.34. The van der Waals surface area contributed by atoms with Crippen LogP contribution in [-0.2, 0) is 4.79 Å². The molecule has 1 aromatic rings. The van der Waals surface area contributed by atoms with Gasteiger partial charge in [-0.3, -0.25) is 10.1 Å². The number of carbonyl (C=O) groups excluding carboxylic acids is 1. The van der Waals surface area contributed by atoms with Crippen molar-refractivity contribution in [2.75, 3.05) is 18.4 Å². The molecule has 8 heteroatoms. The Bertz CT molecular complexity index is 504. The lowest BCUT2D eigenvalue weighted by Gasteiger charge is -2.22. The van der Waals surface area contributed by atoms with E-state index in [1.165, 1.54) is 16.2 Å². The third-order valence-corrected chi connectivity index (χ3v) is 4.27. The van der Waals surface area contributed by atoms with Gasteiger partial charge in [0.15, 0.2) is 0 Å². The van der Waals surface area contributed by atoms with Crippen LogP contribution in [0.25, 0.3) is 0 Å². The Morgan fingerprint density at radius 3 is 2.74 bits per heavy atom. The maximum Gasteiger partial charge on any atom is 0.323 e. The zero-order valence-electron chi connectivity index (χ0n) is 10.8. The van der Waals surface area contributed by atoms with Gasteiger partial charge in [-0.1, -0.05) is 18.3 Å². The fraction of sp³-hybridized carbons (Fsp3) is 0.636. The first-order chi connectivity index (χ1) is 8.97. The molecule has 0 aromatic carbocycles. The zero-order chi connectivity index (χ0) is 14.0. The van der Waals surface area contributed by atoms with E-state index in [0.29, 0.717) is 24.5 Å². The Hall–Kier alpha value is -1.70. The van der Waals surface area contributed by atoms with E-state index in [-0.39, 0.29) is 12.6 Å². The summed E-state index contributed by atoms with van der Waals surface area (Å²) in [5.41, 5.74) is -0.811. The molecule has 19 heavy (non-hydrogen) atoms. The number of carboxylic acids is 1. The van der Waals surface area contributed by atoms with Crippen molar-refractivity contribution >= 4 is 28.5 Å². The summed E-state index contributed by atoms with van der Waals surface area (Å²) in [5.74, 6) is -0.836. The summed E-state index contributed by atoms with van der Waals surface area (Å²) in [6.07, 6.45) is 1.01. The molecule has 2 heterocycles. The Labute approximate surface area is 114 Å². The topological polar surface area (TPSA) is 95.4 Å². The molecule has 1 aliphatic rings. The third kappa shape index (κ3) is 2.67. The van der Waals surface area contributed by atoms with Crippen molar-refractivity contribution in [2.45, 2.75) is 26.7 Å². The molecule has 2 N–H and O–H groups in total. The van der Waals surface area contributed by atoms with Crippen molar-refractivity contribution in [3.05, 3.63) is 5.01 Å². The van der Waals surface area contributed by atoms with E-state index in [2.05, 4.69) is 15.5 Å². The fourth-order valence-corrected chi connectivity index (χ4v) is 2.76. The lowest BCUT2D eigenvalue weighted by molar-refractivity contribution is -0.148. The Kier molecular flexibility index (Phi) is 3.70. The highest BCUT2D eigenvalue weighted by Gasteiger charge is 2.44. The molecule has 1 atom stereocenters. The first-order valence-electron chi connectivity index (χ1n) is 6.06. The van der Waals surface area contributed by atoms with Gasteiger partial charge in [0.1, 0.15) is 5.01 Å². The summed E-state index contributed by atoms with van der Waals surface area (Å²) in [6.45, 7) is 4.32. The number of anilines is 1. The van der Waals surface area contributed by atoms with Crippen LogP contribution in [0, 0.1) is 12.3 Å². The van der Waals surface area contributed by atoms with Gasteiger partial charge in [0.25, 0.3) is 0 Å². The summed E-state index contributed by atoms with van der Waals surface area (Å²) in [6, 6.07) is -0.312. The van der Waals surface area contributed by atoms with E-state index in [9.17, 15) is 14.7 Å². The molecule has 0 spiro atoms. The van der Waals surface area contributed by atoms with Crippen LogP contribution >= 0.6 is 11.3 Å². The number of aryl methyl sites for hydroxylation is 1. The standard InChI is InChI=1S/C11H16N4O3S/c1-3-11(8(16)17)4-5-15(6-11)10(18)12-9-14-13-7(2)19-9/h3-6H2,1-2H3,(H,16,17)(H,12,14,18). The highest BCUT2D eigenvalue weighted by atomic mass is 32.1. The maximum atomic E-state index is 12.0. The molecular weight excluding hydrogens is 268 g/mol. The summed E-state index contributed by atoms with van der Waals surface area (Å²) >= 11 is 1.29. The number of nitrogens with one attached hydrogen (secondary N) is 1. The van der Waals surface area contributed by atoms with Crippen molar-refractivity contribution in [3.63, 3.8) is 0 Å². The average Bonchev–Trinajstić information content (AvgIpc) is 2.96. The monoisotopic (exact) mass is 284 g/mol. The van der Waals surface area contributed by atoms with Crippen LogP contribution in [0.2, 0.25) is 0 Å². The Morgan fingerprint density at radius 1 is 1.53 bits per heavy atom. The highest BCUT2D eigenvalue weighted by molar-refractivity contribution is 7.15. The molecule has 1 aliphatic heterocycles. The minimum Gasteiger partial charge on any atom is -0.481 e. The number of urea groups is 1. The van der Waals surface area contributed by atoms with E-state index in [4.69, 9.17) is 0 Å². The predicted molar refractivity (Wildman–Crippen MR) is 70.2 cm³/mol. The Morgan fingerprint density at radius 2 is 2.26 bits per heavy atom. The molecule has 0 bridgehead atoms. The largest absolute Gasteiger partial charge is 0.481 e. The van der Waals surface area contributed by atoms with Gasteiger partial charge in [0, 0.05) is 13.1 Å². The zero-order valence-corrected chi connectivity index (χ0v) is 11.7. The second-order valence-electron chi connectivity index (χ2n) is 4.67. The summed E-state index contributed by atoms with van der Waals surface area (Å²) < 4.78 is 0. The second-order valence-corrected chi connectivity index (χ2v) is 5.85. The van der Waals surface area contributed by atoms with E-state index < -0.39 is 11.4 Å². The van der Waals surface area contributed by atoms with Crippen LogP contribution < -0.4 is 5.32 Å². The molecule has 1 unspecified atom stereocenters. The third-order valence-electron chi connectivity index (χ3n) is 3.51. The van der Waals surface area contributed by atoms with Crippen molar-refractivity contribution in [1.29, 1.82) is 0 Å². The van der Waals surface area contributed by atoms with Crippen LogP contribution in [0.3, 0.4) is 0 Å². The minimum atomic E-state index is -0.836. The fourth-order valence-electron chi connectivity index (χ4n) is 2.18. The summed E-state index contributed by atoms with van der Waals surface area (Å²) in [7, 11) is 0. The van der Waals surface area contributed by atoms with Crippen molar-refractivity contribution < 1.29 is 14.7 Å². The lowest BCUT2D eigenvalue weighted by Crippen LogP contribution is -2.38. The van der Waals surface area contributed by atoms with Crippen LogP contribution in [0.4, 0.5) is 9.93 Å². The summed E-state index contributed by atoms with van der Waals surface area (Å²) in [4.78, 5) is 24.8. The predicted octanol–water partition coefficient (Wildman–Crippen LogP) is 1.57. The number of carboxylic acid groups (broad SMARTS) is 1. The number of aliphatic carboxylic acids is 1. The van der Waals surface area contributed by atoms with E-state index in [1.807, 2.05) is 6.92 Å². The Balaban J connectivity index is 2.00. The van der Waals surface area contributed by atoms with E-state index in [0.717, 1.165) is 5.01 Å². The molecule has 7 nitrogen and oxygen atoms in total. The second kappa shape index (κ2) is 5.12. The van der Waals surface area contributed by atoms with E-state index in [1.54, 1.807) is 6.92 Å². The number of hydrogen-bond donors (Lipinski definition) is 2. The van der Waals surface area contributed by atoms with Crippen molar-refractivity contribution in [3.8, 4) is 0 Å². The molecule has 1 fully saturated rings. The molecular formula is C11H16N4O3S. The number of aromatic nitrogens is 2. The van der Waals surface area contributed by atoms with Gasteiger partial charge < -0.3 is 10.0 Å². The number of carbonyl (C=O) groups is 2. The van der Waals surface area contributed by atoms with Gasteiger partial charge in [0.05, 0.1) is 5.41 Å². The number of rotatable bonds is 3. The first kappa shape index (κ1) is 13.7. The van der Waals surface area contributed by atoms with Crippen LogP contribution in [-0.4, -0.2) is 45.3 Å². The van der Waals surface area contributed by atoms with Crippen LogP contribution in [0.15, 0.2) is 0 Å². The summed E-state index contributed by atoms with van der Waals surface area (Å²) in [5, 5.41) is 20.8. The molecule has 104 valence electrons. The molecule has 2 amide bonds. The minimum absolute atomic E-state index is 0.239. The molecule has 1 saturated heterocycles. The lowest BCUT2D eigenvalue weighted by atomic mass is 9.84. The number of hydrogen-bond acceptors (Lipinski definition) is 5. The van der Waals surface area contributed by atoms with Gasteiger partial charge in [-0.05, 0) is 19.8 Å². The SMILES string of the molecule is CCC1(C(=O)O)CCN(C(=O)Nc2nnc(C)s2)C1. The van der Waals surface area contributed by atoms with Crippen LogP contribution in [0.5, 0.6) is 0 Å². The quantitative estimate of drug-likeness (QED) is 0.878.